The summed E-state index contributed by atoms with van der Waals surface area (Å²) in [7, 11) is 0. The summed E-state index contributed by atoms with van der Waals surface area (Å²) in [5.74, 6) is 0.286. The Labute approximate surface area is 204 Å². The number of H-pyrrole nitrogens is 1. The molecule has 3 aromatic rings. The molecule has 1 aromatic heterocycles. The molecule has 2 N–H and O–H groups in total. The van der Waals surface area contributed by atoms with Crippen LogP contribution in [0.4, 0.5) is 10.5 Å². The number of rotatable bonds is 4. The number of aromatic amines is 1. The van der Waals surface area contributed by atoms with Crippen molar-refractivity contribution in [1.82, 2.24) is 15.5 Å². The highest BCUT2D eigenvalue weighted by molar-refractivity contribution is 6.37. The molecule has 10 heteroatoms. The molecule has 2 aliphatic rings. The Morgan fingerprint density at radius 3 is 2.47 bits per heavy atom. The summed E-state index contributed by atoms with van der Waals surface area (Å²) in [5, 5.41) is 14.5. The Kier molecular flexibility index (Phi) is 5.85. The van der Waals surface area contributed by atoms with Crippen molar-refractivity contribution in [2.45, 2.75) is 25.7 Å². The minimum Gasteiger partial charge on any atom is -0.434 e. The first kappa shape index (κ1) is 22.2. The van der Waals surface area contributed by atoms with Crippen LogP contribution >= 0.6 is 23.2 Å². The quantitative estimate of drug-likeness (QED) is 0.502. The van der Waals surface area contributed by atoms with Gasteiger partial charge in [0, 0.05) is 6.07 Å². The first-order valence-corrected chi connectivity index (χ1v) is 11.4. The number of carbonyl (C=O) groups is 1. The molecule has 0 unspecified atom stereocenters. The number of fused-ring (bicyclic) bond motifs is 1. The molecule has 0 atom stereocenters. The second kappa shape index (κ2) is 8.96. The first-order valence-electron chi connectivity index (χ1n) is 10.6. The van der Waals surface area contributed by atoms with Gasteiger partial charge in [0.2, 0.25) is 5.88 Å². The third kappa shape index (κ3) is 4.30. The molecule has 1 aliphatic carbocycles. The lowest BCUT2D eigenvalue weighted by atomic mass is 9.89. The number of carbonyl (C=O) groups excluding carboxylic acids is 1. The highest BCUT2D eigenvalue weighted by Crippen LogP contribution is 2.41. The second-order valence-electron chi connectivity index (χ2n) is 7.99. The van der Waals surface area contributed by atoms with Crippen LogP contribution in [0.25, 0.3) is 11.1 Å². The van der Waals surface area contributed by atoms with E-state index in [2.05, 4.69) is 39.3 Å². The van der Waals surface area contributed by atoms with Gasteiger partial charge < -0.3 is 10.1 Å². The summed E-state index contributed by atoms with van der Waals surface area (Å²) in [6.45, 7) is 3.64. The van der Waals surface area contributed by atoms with Crippen LogP contribution in [0, 0.1) is 0 Å². The monoisotopic (exact) mass is 495 g/mol. The largest absolute Gasteiger partial charge is 0.434 e. The van der Waals surface area contributed by atoms with Gasteiger partial charge in [-0.25, -0.2) is 9.89 Å². The van der Waals surface area contributed by atoms with E-state index in [4.69, 9.17) is 27.9 Å². The van der Waals surface area contributed by atoms with Crippen molar-refractivity contribution in [2.24, 2.45) is 5.10 Å². The number of ether oxygens (including phenoxy) is 1. The zero-order valence-electron chi connectivity index (χ0n) is 17.9. The molecule has 172 valence electrons. The average Bonchev–Trinajstić information content (AvgIpc) is 2.81. The fraction of sp³-hybridized carbons (Fsp3) is 0.167. The lowest BCUT2D eigenvalue weighted by Crippen LogP contribution is -2.40. The van der Waals surface area contributed by atoms with E-state index in [1.807, 2.05) is 6.07 Å². The SMILES string of the molecule is C=C1C=NN(c2cc(Cl)c(Oc3n[nH]c(=O)cc3-c3ccc4c(c3)CCCC4)c(Cl)c2)C(=O)N1. The number of hydrogen-bond acceptors (Lipinski definition) is 5. The van der Waals surface area contributed by atoms with E-state index >= 15 is 0 Å². The summed E-state index contributed by atoms with van der Waals surface area (Å²) < 4.78 is 5.99. The molecule has 2 heterocycles. The Morgan fingerprint density at radius 2 is 1.74 bits per heavy atom. The summed E-state index contributed by atoms with van der Waals surface area (Å²) in [6, 6.07) is 10.1. The number of aromatic nitrogens is 2. The van der Waals surface area contributed by atoms with Crippen LogP contribution in [0.3, 0.4) is 0 Å². The highest BCUT2D eigenvalue weighted by atomic mass is 35.5. The fourth-order valence-corrected chi connectivity index (χ4v) is 4.58. The van der Waals surface area contributed by atoms with Crippen molar-refractivity contribution in [3.8, 4) is 22.8 Å². The molecule has 0 saturated carbocycles. The van der Waals surface area contributed by atoms with E-state index in [1.54, 1.807) is 0 Å². The predicted octanol–water partition coefficient (Wildman–Crippen LogP) is 5.44. The highest BCUT2D eigenvalue weighted by Gasteiger charge is 2.23. The Bertz CT molecular complexity index is 1390. The number of nitrogens with one attached hydrogen (secondary N) is 2. The van der Waals surface area contributed by atoms with E-state index < -0.39 is 6.03 Å². The molecule has 34 heavy (non-hydrogen) atoms. The van der Waals surface area contributed by atoms with Gasteiger partial charge in [0.15, 0.2) is 5.75 Å². The van der Waals surface area contributed by atoms with Gasteiger partial charge in [0.1, 0.15) is 0 Å². The number of hydrazone groups is 1. The number of anilines is 1. The van der Waals surface area contributed by atoms with Crippen molar-refractivity contribution in [2.75, 3.05) is 5.01 Å². The summed E-state index contributed by atoms with van der Waals surface area (Å²) >= 11 is 12.9. The number of urea groups is 1. The van der Waals surface area contributed by atoms with Crippen LogP contribution in [-0.2, 0) is 12.8 Å². The van der Waals surface area contributed by atoms with E-state index in [9.17, 15) is 9.59 Å². The molecular formula is C24H19Cl2N5O3. The standard InChI is InChI=1S/C24H19Cl2N5O3/c1-13-12-27-31(24(33)28-13)17-9-19(25)22(20(26)10-17)34-23-18(11-21(32)29-30-23)16-7-6-14-4-2-3-5-15(14)8-16/h6-12H,1-5H2,(H,28,33)(H,29,32). The number of halogens is 2. The zero-order chi connectivity index (χ0) is 23.8. The number of aryl methyl sites for hydroxylation is 2. The number of allylic oxidation sites excluding steroid dienone is 1. The Balaban J connectivity index is 1.51. The van der Waals surface area contributed by atoms with Gasteiger partial charge >= 0.3 is 6.03 Å². The van der Waals surface area contributed by atoms with Crippen LogP contribution in [0.5, 0.6) is 11.6 Å². The number of benzene rings is 2. The maximum atomic E-state index is 12.2. The summed E-state index contributed by atoms with van der Waals surface area (Å²) in [5.41, 5.74) is 4.28. The van der Waals surface area contributed by atoms with E-state index in [1.165, 1.54) is 42.0 Å². The van der Waals surface area contributed by atoms with Gasteiger partial charge in [-0.05, 0) is 54.5 Å². The van der Waals surface area contributed by atoms with Crippen LogP contribution in [0.2, 0.25) is 10.0 Å². The van der Waals surface area contributed by atoms with Gasteiger partial charge in [0.25, 0.3) is 5.56 Å². The molecule has 0 spiro atoms. The maximum Gasteiger partial charge on any atom is 0.347 e. The second-order valence-corrected chi connectivity index (χ2v) is 8.81. The first-order chi connectivity index (χ1) is 16.4. The minimum absolute atomic E-state index is 0.136. The predicted molar refractivity (Wildman–Crippen MR) is 132 cm³/mol. The summed E-state index contributed by atoms with van der Waals surface area (Å²) in [4.78, 5) is 24.3. The normalized spacial score (nSPS) is 15.2. The number of nitrogens with zero attached hydrogens (tertiary/aromatic N) is 3. The fourth-order valence-electron chi connectivity index (χ4n) is 4.03. The average molecular weight is 496 g/mol. The molecule has 1 aliphatic heterocycles. The molecule has 0 fully saturated rings. The molecule has 2 aromatic carbocycles. The maximum absolute atomic E-state index is 12.2. The van der Waals surface area contributed by atoms with Gasteiger partial charge in [-0.3, -0.25) is 4.79 Å². The van der Waals surface area contributed by atoms with E-state index in [-0.39, 0.29) is 27.2 Å². The third-order valence-corrected chi connectivity index (χ3v) is 6.21. The zero-order valence-corrected chi connectivity index (χ0v) is 19.4. The van der Waals surface area contributed by atoms with Crippen LogP contribution in [0.1, 0.15) is 24.0 Å². The van der Waals surface area contributed by atoms with Crippen molar-refractivity contribution in [3.05, 3.63) is 80.2 Å². The molecule has 5 rings (SSSR count). The number of hydrogen-bond donors (Lipinski definition) is 2. The van der Waals surface area contributed by atoms with E-state index in [0.717, 1.165) is 29.8 Å². The molecule has 2 amide bonds. The lowest BCUT2D eigenvalue weighted by Gasteiger charge is -2.22. The minimum atomic E-state index is -0.495. The van der Waals surface area contributed by atoms with Gasteiger partial charge in [-0.2, -0.15) is 10.1 Å². The lowest BCUT2D eigenvalue weighted by molar-refractivity contribution is 0.248. The van der Waals surface area contributed by atoms with Gasteiger partial charge in [0.05, 0.1) is 33.2 Å². The van der Waals surface area contributed by atoms with Crippen molar-refractivity contribution in [1.29, 1.82) is 0 Å². The Morgan fingerprint density at radius 1 is 1.00 bits per heavy atom. The summed E-state index contributed by atoms with van der Waals surface area (Å²) in [6.07, 6.45) is 5.77. The van der Waals surface area contributed by atoms with Crippen molar-refractivity contribution in [3.63, 3.8) is 0 Å². The third-order valence-electron chi connectivity index (χ3n) is 5.65. The van der Waals surface area contributed by atoms with Crippen LogP contribution in [0.15, 0.2) is 58.6 Å². The molecule has 0 saturated heterocycles. The smallest absolute Gasteiger partial charge is 0.347 e. The topological polar surface area (TPSA) is 99.7 Å². The Hall–Kier alpha value is -3.62. The number of amides is 2. The van der Waals surface area contributed by atoms with Crippen LogP contribution in [-0.4, -0.2) is 22.4 Å². The van der Waals surface area contributed by atoms with E-state index in [0.29, 0.717) is 16.9 Å². The van der Waals surface area contributed by atoms with Crippen molar-refractivity contribution < 1.29 is 9.53 Å². The molecule has 0 radical (unpaired) electrons. The van der Waals surface area contributed by atoms with Gasteiger partial charge in [-0.1, -0.05) is 48.0 Å². The molecule has 8 nitrogen and oxygen atoms in total. The van der Waals surface area contributed by atoms with Crippen LogP contribution < -0.4 is 20.6 Å². The molecule has 0 bridgehead atoms. The van der Waals surface area contributed by atoms with Crippen molar-refractivity contribution >= 4 is 41.1 Å². The van der Waals surface area contributed by atoms with Gasteiger partial charge in [-0.15, -0.1) is 5.10 Å². The molecular weight excluding hydrogens is 477 g/mol.